The molecule has 0 aliphatic carbocycles. The maximum absolute atomic E-state index is 4.49. The third-order valence-corrected chi connectivity index (χ3v) is 3.37. The summed E-state index contributed by atoms with van der Waals surface area (Å²) in [6, 6.07) is 17.3. The van der Waals surface area contributed by atoms with Crippen molar-refractivity contribution in [1.29, 1.82) is 0 Å². The Kier molecular flexibility index (Phi) is 2.78. The minimum Gasteiger partial charge on any atom is -0.363 e. The highest BCUT2D eigenvalue weighted by atomic mass is 15.2. The Morgan fingerprint density at radius 1 is 1.00 bits per heavy atom. The van der Waals surface area contributed by atoms with Crippen LogP contribution < -0.4 is 4.90 Å². The van der Waals surface area contributed by atoms with Gasteiger partial charge < -0.3 is 4.90 Å². The van der Waals surface area contributed by atoms with E-state index in [0.29, 0.717) is 6.04 Å². The number of aromatic nitrogens is 1. The van der Waals surface area contributed by atoms with Crippen molar-refractivity contribution in [2.45, 2.75) is 18.9 Å². The largest absolute Gasteiger partial charge is 0.363 e. The lowest BCUT2D eigenvalue weighted by Gasteiger charge is -2.26. The maximum Gasteiger partial charge on any atom is 0.0714 e. The molecule has 1 aromatic carbocycles. The average molecular weight is 224 g/mol. The van der Waals surface area contributed by atoms with Gasteiger partial charge >= 0.3 is 0 Å². The second-order valence-electron chi connectivity index (χ2n) is 4.44. The number of anilines is 1. The molecule has 1 saturated heterocycles. The van der Waals surface area contributed by atoms with Crippen molar-refractivity contribution in [3.05, 3.63) is 60.4 Å². The number of para-hydroxylation sites is 1. The number of nitrogens with zero attached hydrogens (tertiary/aromatic N) is 2. The minimum absolute atomic E-state index is 0.443. The van der Waals surface area contributed by atoms with E-state index in [0.717, 1.165) is 6.54 Å². The molecule has 17 heavy (non-hydrogen) atoms. The molecular formula is C15H16N2. The lowest BCUT2D eigenvalue weighted by molar-refractivity contribution is 0.694. The lowest BCUT2D eigenvalue weighted by Crippen LogP contribution is -2.22. The summed E-state index contributed by atoms with van der Waals surface area (Å²) in [5.74, 6) is 0. The van der Waals surface area contributed by atoms with Gasteiger partial charge in [0.2, 0.25) is 0 Å². The van der Waals surface area contributed by atoms with Gasteiger partial charge in [-0.15, -0.1) is 0 Å². The van der Waals surface area contributed by atoms with Crippen molar-refractivity contribution in [3.63, 3.8) is 0 Å². The van der Waals surface area contributed by atoms with E-state index in [9.17, 15) is 0 Å². The average Bonchev–Trinajstić information content (AvgIpc) is 2.90. The fourth-order valence-corrected chi connectivity index (χ4v) is 2.58. The Labute approximate surface area is 102 Å². The van der Waals surface area contributed by atoms with Crippen LogP contribution >= 0.6 is 0 Å². The number of pyridine rings is 1. The molecule has 2 heterocycles. The van der Waals surface area contributed by atoms with Crippen molar-refractivity contribution >= 4 is 5.69 Å². The summed E-state index contributed by atoms with van der Waals surface area (Å²) in [5.41, 5.74) is 2.49. The smallest absolute Gasteiger partial charge is 0.0714 e. The lowest BCUT2D eigenvalue weighted by atomic mass is 10.1. The van der Waals surface area contributed by atoms with Gasteiger partial charge in [-0.25, -0.2) is 0 Å². The molecule has 1 aliphatic heterocycles. The van der Waals surface area contributed by atoms with Crippen molar-refractivity contribution in [2.75, 3.05) is 11.4 Å². The van der Waals surface area contributed by atoms with Crippen molar-refractivity contribution in [3.8, 4) is 0 Å². The van der Waals surface area contributed by atoms with Gasteiger partial charge in [0.15, 0.2) is 0 Å². The van der Waals surface area contributed by atoms with Crippen LogP contribution in [-0.4, -0.2) is 11.5 Å². The molecule has 0 bridgehead atoms. The zero-order valence-corrected chi connectivity index (χ0v) is 9.79. The van der Waals surface area contributed by atoms with Crippen LogP contribution in [0.1, 0.15) is 24.6 Å². The number of hydrogen-bond donors (Lipinski definition) is 0. The van der Waals surface area contributed by atoms with E-state index in [-0.39, 0.29) is 0 Å². The first-order valence-electron chi connectivity index (χ1n) is 6.18. The quantitative estimate of drug-likeness (QED) is 0.777. The van der Waals surface area contributed by atoms with Gasteiger partial charge in [0.25, 0.3) is 0 Å². The summed E-state index contributed by atoms with van der Waals surface area (Å²) >= 11 is 0. The van der Waals surface area contributed by atoms with Gasteiger partial charge in [-0.1, -0.05) is 24.3 Å². The van der Waals surface area contributed by atoms with Crippen molar-refractivity contribution in [2.24, 2.45) is 0 Å². The molecule has 86 valence electrons. The molecule has 0 radical (unpaired) electrons. The van der Waals surface area contributed by atoms with Crippen molar-refractivity contribution in [1.82, 2.24) is 4.98 Å². The summed E-state index contributed by atoms with van der Waals surface area (Å²) in [7, 11) is 0. The zero-order valence-electron chi connectivity index (χ0n) is 9.79. The summed E-state index contributed by atoms with van der Waals surface area (Å²) in [6.45, 7) is 1.13. The van der Waals surface area contributed by atoms with Gasteiger partial charge in [-0.3, -0.25) is 4.98 Å². The van der Waals surface area contributed by atoms with Crippen LogP contribution in [0.25, 0.3) is 0 Å². The predicted octanol–water partition coefficient (Wildman–Crippen LogP) is 3.42. The Hall–Kier alpha value is -1.83. The van der Waals surface area contributed by atoms with Gasteiger partial charge in [0.1, 0.15) is 0 Å². The minimum atomic E-state index is 0.443. The maximum atomic E-state index is 4.49. The van der Waals surface area contributed by atoms with Crippen molar-refractivity contribution < 1.29 is 0 Å². The van der Waals surface area contributed by atoms with Crippen LogP contribution in [0.2, 0.25) is 0 Å². The van der Waals surface area contributed by atoms with Crippen LogP contribution in [-0.2, 0) is 0 Å². The molecule has 1 aromatic heterocycles. The molecule has 2 nitrogen and oxygen atoms in total. The third kappa shape index (κ3) is 2.03. The molecule has 0 saturated carbocycles. The standard InChI is InChI=1S/C15H16N2/c1-2-7-13(8-3-1)17-12-6-10-15(17)14-9-4-5-11-16-14/h1-5,7-9,11,15H,6,10,12H2/t15-/m1/s1. The molecule has 2 heteroatoms. The Morgan fingerprint density at radius 3 is 2.59 bits per heavy atom. The molecule has 0 amide bonds. The monoisotopic (exact) mass is 224 g/mol. The summed E-state index contributed by atoms with van der Waals surface area (Å²) < 4.78 is 0. The summed E-state index contributed by atoms with van der Waals surface area (Å²) in [4.78, 5) is 6.96. The van der Waals surface area contributed by atoms with Gasteiger partial charge in [-0.2, -0.15) is 0 Å². The highest BCUT2D eigenvalue weighted by Gasteiger charge is 2.26. The molecule has 0 unspecified atom stereocenters. The fourth-order valence-electron chi connectivity index (χ4n) is 2.58. The summed E-state index contributed by atoms with van der Waals surface area (Å²) in [5, 5.41) is 0. The highest BCUT2D eigenvalue weighted by Crippen LogP contribution is 2.34. The molecule has 1 aliphatic rings. The van der Waals surface area contributed by atoms with E-state index in [1.165, 1.54) is 24.2 Å². The van der Waals surface area contributed by atoms with E-state index in [1.807, 2.05) is 12.3 Å². The number of hydrogen-bond acceptors (Lipinski definition) is 2. The fraction of sp³-hybridized carbons (Fsp3) is 0.267. The first-order valence-corrected chi connectivity index (χ1v) is 6.18. The van der Waals surface area contributed by atoms with Crippen LogP contribution in [0.3, 0.4) is 0 Å². The van der Waals surface area contributed by atoms with Crippen LogP contribution in [0.5, 0.6) is 0 Å². The van der Waals surface area contributed by atoms with E-state index in [1.54, 1.807) is 0 Å². The molecule has 1 fully saturated rings. The molecular weight excluding hydrogens is 208 g/mol. The van der Waals surface area contributed by atoms with Gasteiger partial charge in [0, 0.05) is 18.4 Å². The van der Waals surface area contributed by atoms with E-state index in [4.69, 9.17) is 0 Å². The van der Waals surface area contributed by atoms with E-state index in [2.05, 4.69) is 52.3 Å². The SMILES string of the molecule is c1ccc(N2CCC[C@@H]2c2ccccn2)cc1. The first kappa shape index (κ1) is 10.3. The third-order valence-electron chi connectivity index (χ3n) is 3.37. The molecule has 1 atom stereocenters. The number of benzene rings is 1. The van der Waals surface area contributed by atoms with E-state index >= 15 is 0 Å². The topological polar surface area (TPSA) is 16.1 Å². The normalized spacial score (nSPS) is 19.5. The first-order chi connectivity index (χ1) is 8.45. The van der Waals surface area contributed by atoms with E-state index < -0.39 is 0 Å². The van der Waals surface area contributed by atoms with Crippen LogP contribution in [0, 0.1) is 0 Å². The molecule has 2 aromatic rings. The number of rotatable bonds is 2. The summed E-state index contributed by atoms with van der Waals surface area (Å²) in [6.07, 6.45) is 4.33. The Balaban J connectivity index is 1.91. The predicted molar refractivity (Wildman–Crippen MR) is 70.0 cm³/mol. The molecule has 0 N–H and O–H groups in total. The van der Waals surface area contributed by atoms with Gasteiger partial charge in [-0.05, 0) is 37.1 Å². The zero-order chi connectivity index (χ0) is 11.5. The Morgan fingerprint density at radius 2 is 1.82 bits per heavy atom. The van der Waals surface area contributed by atoms with Crippen LogP contribution in [0.4, 0.5) is 5.69 Å². The highest BCUT2D eigenvalue weighted by molar-refractivity contribution is 5.49. The molecule has 3 rings (SSSR count). The van der Waals surface area contributed by atoms with Crippen LogP contribution in [0.15, 0.2) is 54.7 Å². The van der Waals surface area contributed by atoms with Gasteiger partial charge in [0.05, 0.1) is 11.7 Å². The second-order valence-corrected chi connectivity index (χ2v) is 4.44. The molecule has 0 spiro atoms. The second kappa shape index (κ2) is 4.58. The Bertz CT molecular complexity index is 421.